The van der Waals surface area contributed by atoms with Crippen molar-refractivity contribution < 1.29 is 47.7 Å². The SMILES string of the molecule is COc1ccnc(C(=O)NC2COC(=O)[C@H](Cc3ccccc3)C(OC(=O)C(C)C)[C@H](C)OC2=O)c1OC(=O)c1cccc(C)c1. The second-order valence-corrected chi connectivity index (χ2v) is 11.1. The van der Waals surface area contributed by atoms with Gasteiger partial charge in [-0.15, -0.1) is 0 Å². The van der Waals surface area contributed by atoms with Crippen molar-refractivity contribution >= 4 is 29.8 Å². The van der Waals surface area contributed by atoms with Crippen LogP contribution in [-0.2, 0) is 35.0 Å². The molecule has 1 aromatic heterocycles. The molecule has 0 radical (unpaired) electrons. The number of hydrogen-bond donors (Lipinski definition) is 1. The number of ether oxygens (including phenoxy) is 5. The summed E-state index contributed by atoms with van der Waals surface area (Å²) in [5.74, 6) is -5.74. The van der Waals surface area contributed by atoms with E-state index in [9.17, 15) is 24.0 Å². The predicted octanol–water partition coefficient (Wildman–Crippen LogP) is 3.63. The molecule has 1 saturated heterocycles. The van der Waals surface area contributed by atoms with E-state index in [-0.39, 0.29) is 29.2 Å². The van der Waals surface area contributed by atoms with Crippen LogP contribution in [0.25, 0.3) is 0 Å². The molecule has 0 aliphatic carbocycles. The zero-order chi connectivity index (χ0) is 33.4. The Balaban J connectivity index is 1.59. The summed E-state index contributed by atoms with van der Waals surface area (Å²) in [4.78, 5) is 70.0. The number of methoxy groups -OCH3 is 1. The topological polar surface area (TPSA) is 156 Å². The monoisotopic (exact) mass is 632 g/mol. The summed E-state index contributed by atoms with van der Waals surface area (Å²) in [5.41, 5.74) is 1.46. The number of carbonyl (C=O) groups excluding carboxylic acids is 5. The number of aromatic nitrogens is 1. The van der Waals surface area contributed by atoms with E-state index in [1.165, 1.54) is 26.3 Å². The third-order valence-corrected chi connectivity index (χ3v) is 7.22. The fourth-order valence-corrected chi connectivity index (χ4v) is 4.75. The van der Waals surface area contributed by atoms with Gasteiger partial charge in [0.25, 0.3) is 5.91 Å². The highest BCUT2D eigenvalue weighted by atomic mass is 16.6. The number of amides is 1. The van der Waals surface area contributed by atoms with E-state index in [2.05, 4.69) is 10.3 Å². The van der Waals surface area contributed by atoms with Crippen LogP contribution in [0.15, 0.2) is 66.9 Å². The van der Waals surface area contributed by atoms with Gasteiger partial charge in [0.05, 0.1) is 18.6 Å². The first kappa shape index (κ1) is 33.6. The molecule has 46 heavy (non-hydrogen) atoms. The normalized spacial score (nSPS) is 19.9. The Bertz CT molecular complexity index is 1590. The number of benzene rings is 2. The van der Waals surface area contributed by atoms with Gasteiger partial charge in [-0.2, -0.15) is 0 Å². The van der Waals surface area contributed by atoms with Crippen LogP contribution >= 0.6 is 0 Å². The zero-order valence-corrected chi connectivity index (χ0v) is 26.2. The lowest BCUT2D eigenvalue weighted by Gasteiger charge is -2.29. The fourth-order valence-electron chi connectivity index (χ4n) is 4.75. The number of hydrogen-bond acceptors (Lipinski definition) is 11. The van der Waals surface area contributed by atoms with Gasteiger partial charge < -0.3 is 29.0 Å². The van der Waals surface area contributed by atoms with Gasteiger partial charge in [-0.25, -0.2) is 14.6 Å². The lowest BCUT2D eigenvalue weighted by Crippen LogP contribution is -2.47. The fraction of sp³-hybridized carbons (Fsp3) is 0.353. The molecule has 4 rings (SSSR count). The molecule has 12 nitrogen and oxygen atoms in total. The Morgan fingerprint density at radius 3 is 2.43 bits per heavy atom. The first-order valence-electron chi connectivity index (χ1n) is 14.7. The standard InChI is InChI=1S/C34H36N2O10/c1-19(2)31(38)45-28-21(4)44-34(41)25(18-43-33(40)24(28)17-22-11-7-6-8-12-22)36-30(37)27-29(26(42-5)14-15-35-27)46-32(39)23-13-9-10-20(3)16-23/h6-16,19,21,24-25,28H,17-18H2,1-5H3,(H,36,37)/t21-,24+,25?,28?/m0/s1. The molecular formula is C34H36N2O10. The Kier molecular flexibility index (Phi) is 11.1. The third-order valence-electron chi connectivity index (χ3n) is 7.22. The summed E-state index contributed by atoms with van der Waals surface area (Å²) in [6.45, 7) is 6.00. The van der Waals surface area contributed by atoms with E-state index in [0.29, 0.717) is 0 Å². The van der Waals surface area contributed by atoms with Crippen molar-refractivity contribution in [2.75, 3.05) is 13.7 Å². The van der Waals surface area contributed by atoms with Crippen LogP contribution < -0.4 is 14.8 Å². The van der Waals surface area contributed by atoms with Gasteiger partial charge in [0.1, 0.15) is 18.6 Å². The lowest BCUT2D eigenvalue weighted by molar-refractivity contribution is -0.176. The van der Waals surface area contributed by atoms with Crippen LogP contribution in [0.5, 0.6) is 11.5 Å². The second kappa shape index (κ2) is 15.2. The van der Waals surface area contributed by atoms with Crippen LogP contribution in [0.2, 0.25) is 0 Å². The van der Waals surface area contributed by atoms with Gasteiger partial charge >= 0.3 is 23.9 Å². The molecule has 2 heterocycles. The van der Waals surface area contributed by atoms with E-state index in [0.717, 1.165) is 11.1 Å². The van der Waals surface area contributed by atoms with Crippen molar-refractivity contribution in [2.24, 2.45) is 11.8 Å². The van der Waals surface area contributed by atoms with E-state index in [4.69, 9.17) is 23.7 Å². The smallest absolute Gasteiger partial charge is 0.343 e. The number of cyclic esters (lactones) is 2. The largest absolute Gasteiger partial charge is 0.493 e. The second-order valence-electron chi connectivity index (χ2n) is 11.1. The molecule has 12 heteroatoms. The quantitative estimate of drug-likeness (QED) is 0.271. The molecule has 2 aromatic carbocycles. The zero-order valence-electron chi connectivity index (χ0n) is 26.2. The maximum absolute atomic E-state index is 13.5. The Morgan fingerprint density at radius 1 is 1.02 bits per heavy atom. The number of nitrogens with one attached hydrogen (secondary N) is 1. The molecule has 1 aliphatic heterocycles. The average Bonchev–Trinajstić information content (AvgIpc) is 3.07. The Hall–Kier alpha value is -5.26. The minimum Gasteiger partial charge on any atom is -0.493 e. The van der Waals surface area contributed by atoms with E-state index in [1.807, 2.05) is 31.2 Å². The maximum atomic E-state index is 13.5. The van der Waals surface area contributed by atoms with E-state index in [1.54, 1.807) is 44.2 Å². The number of pyridine rings is 1. The number of rotatable bonds is 9. The van der Waals surface area contributed by atoms with Crippen molar-refractivity contribution in [3.8, 4) is 11.5 Å². The van der Waals surface area contributed by atoms with Crippen molar-refractivity contribution in [1.29, 1.82) is 0 Å². The third kappa shape index (κ3) is 8.26. The summed E-state index contributed by atoms with van der Waals surface area (Å²) in [6, 6.07) is 15.6. The molecule has 0 saturated carbocycles. The molecular weight excluding hydrogens is 596 g/mol. The van der Waals surface area contributed by atoms with E-state index < -0.39 is 66.5 Å². The molecule has 4 atom stereocenters. The lowest BCUT2D eigenvalue weighted by atomic mass is 9.91. The van der Waals surface area contributed by atoms with Crippen LogP contribution in [0.1, 0.15) is 52.7 Å². The molecule has 1 fully saturated rings. The molecule has 0 spiro atoms. The van der Waals surface area contributed by atoms with Gasteiger partial charge in [0.2, 0.25) is 5.75 Å². The number of nitrogens with zero attached hydrogens (tertiary/aromatic N) is 1. The highest BCUT2D eigenvalue weighted by Crippen LogP contribution is 2.31. The van der Waals surface area contributed by atoms with Crippen LogP contribution in [0.3, 0.4) is 0 Å². The molecule has 3 aromatic rings. The molecule has 0 bridgehead atoms. The van der Waals surface area contributed by atoms with Crippen molar-refractivity contribution in [2.45, 2.75) is 52.4 Å². The first-order chi connectivity index (χ1) is 22.0. The molecule has 2 unspecified atom stereocenters. The van der Waals surface area contributed by atoms with Crippen LogP contribution in [-0.4, -0.2) is 66.7 Å². The highest BCUT2D eigenvalue weighted by molar-refractivity contribution is 6.00. The molecule has 1 aliphatic rings. The molecule has 1 amide bonds. The van der Waals surface area contributed by atoms with Crippen LogP contribution in [0.4, 0.5) is 0 Å². The van der Waals surface area contributed by atoms with Gasteiger partial charge in [0, 0.05) is 12.3 Å². The van der Waals surface area contributed by atoms with Crippen LogP contribution in [0, 0.1) is 18.8 Å². The summed E-state index contributed by atoms with van der Waals surface area (Å²) < 4.78 is 27.7. The minimum absolute atomic E-state index is 0.0387. The van der Waals surface area contributed by atoms with Crippen molar-refractivity contribution in [1.82, 2.24) is 10.3 Å². The van der Waals surface area contributed by atoms with Gasteiger partial charge in [0.15, 0.2) is 23.6 Å². The molecule has 1 N–H and O–H groups in total. The molecule has 242 valence electrons. The number of aryl methyl sites for hydroxylation is 1. The average molecular weight is 633 g/mol. The van der Waals surface area contributed by atoms with Crippen molar-refractivity contribution in [3.05, 3.63) is 89.2 Å². The summed E-state index contributed by atoms with van der Waals surface area (Å²) in [7, 11) is 1.33. The Morgan fingerprint density at radius 2 is 1.76 bits per heavy atom. The predicted molar refractivity (Wildman–Crippen MR) is 163 cm³/mol. The first-order valence-corrected chi connectivity index (χ1v) is 14.7. The minimum atomic E-state index is -1.48. The Labute approximate surface area is 266 Å². The van der Waals surface area contributed by atoms with Gasteiger partial charge in [-0.05, 0) is 38.0 Å². The van der Waals surface area contributed by atoms with Gasteiger partial charge in [-0.3, -0.25) is 14.4 Å². The van der Waals surface area contributed by atoms with Crippen molar-refractivity contribution in [3.63, 3.8) is 0 Å². The summed E-state index contributed by atoms with van der Waals surface area (Å²) in [6.07, 6.45) is -0.857. The summed E-state index contributed by atoms with van der Waals surface area (Å²) >= 11 is 0. The van der Waals surface area contributed by atoms with Gasteiger partial charge in [-0.1, -0.05) is 61.9 Å². The van der Waals surface area contributed by atoms with E-state index >= 15 is 0 Å². The maximum Gasteiger partial charge on any atom is 0.343 e. The highest BCUT2D eigenvalue weighted by Gasteiger charge is 2.42. The number of carbonyl (C=O) groups is 5. The summed E-state index contributed by atoms with van der Waals surface area (Å²) in [5, 5.41) is 2.47. The number of esters is 4.